The van der Waals surface area contributed by atoms with E-state index < -0.39 is 0 Å². The molecular formula is C27H22N4O2S. The molecule has 168 valence electrons. The standard InChI is InChI=1S/C27H22N4O2S/c1-4-13-33-21-10-12-25-22(15-21)26(20-8-6-19(7-9-20)17(2)3)28-27(32)31(25)16-18-5-11-23-24(14-18)30-34-29-23/h1,5-12,14-15,17H,13,16H2,2-3H3. The number of fused-ring (bicyclic) bond motifs is 2. The fourth-order valence-corrected chi connectivity index (χ4v) is 4.50. The van der Waals surface area contributed by atoms with Crippen molar-refractivity contribution in [3.05, 3.63) is 82.3 Å². The first-order valence-electron chi connectivity index (χ1n) is 11.0. The minimum atomic E-state index is -0.316. The van der Waals surface area contributed by atoms with Gasteiger partial charge in [0, 0.05) is 10.9 Å². The molecule has 0 saturated heterocycles. The third kappa shape index (κ3) is 4.16. The SMILES string of the molecule is C#CCOc1ccc2c(c1)c(-c1ccc(C(C)C)cc1)nc(=O)n2Cc1ccc2nsnc2c1. The van der Waals surface area contributed by atoms with Gasteiger partial charge < -0.3 is 4.74 Å². The van der Waals surface area contributed by atoms with Gasteiger partial charge in [-0.1, -0.05) is 50.1 Å². The van der Waals surface area contributed by atoms with Gasteiger partial charge in [0.05, 0.1) is 29.5 Å². The first-order chi connectivity index (χ1) is 16.5. The van der Waals surface area contributed by atoms with Crippen LogP contribution < -0.4 is 10.4 Å². The van der Waals surface area contributed by atoms with Crippen LogP contribution in [0.3, 0.4) is 0 Å². The Morgan fingerprint density at radius 1 is 1.03 bits per heavy atom. The highest BCUT2D eigenvalue weighted by Crippen LogP contribution is 2.30. The zero-order chi connectivity index (χ0) is 23.7. The second-order valence-corrected chi connectivity index (χ2v) is 8.89. The van der Waals surface area contributed by atoms with Gasteiger partial charge >= 0.3 is 5.69 Å². The highest BCUT2D eigenvalue weighted by Gasteiger charge is 2.15. The lowest BCUT2D eigenvalue weighted by Gasteiger charge is -2.15. The minimum Gasteiger partial charge on any atom is -0.481 e. The Bertz CT molecular complexity index is 1590. The molecule has 0 N–H and O–H groups in total. The van der Waals surface area contributed by atoms with Crippen LogP contribution in [0.15, 0.2) is 65.5 Å². The van der Waals surface area contributed by atoms with Gasteiger partial charge in [-0.25, -0.2) is 4.79 Å². The summed E-state index contributed by atoms with van der Waals surface area (Å²) >= 11 is 1.18. The number of rotatable bonds is 6. The molecular weight excluding hydrogens is 444 g/mol. The molecule has 0 spiro atoms. The number of terminal acetylenes is 1. The van der Waals surface area contributed by atoms with Gasteiger partial charge in [-0.3, -0.25) is 4.57 Å². The molecule has 0 amide bonds. The van der Waals surface area contributed by atoms with Gasteiger partial charge in [-0.15, -0.1) is 6.42 Å². The Morgan fingerprint density at radius 3 is 2.59 bits per heavy atom. The van der Waals surface area contributed by atoms with E-state index in [0.29, 0.717) is 23.9 Å². The maximum absolute atomic E-state index is 13.2. The van der Waals surface area contributed by atoms with E-state index in [1.807, 2.05) is 48.5 Å². The molecule has 0 bridgehead atoms. The van der Waals surface area contributed by atoms with Crippen molar-refractivity contribution in [1.29, 1.82) is 0 Å². The molecule has 0 saturated carbocycles. The van der Waals surface area contributed by atoms with Crippen molar-refractivity contribution < 1.29 is 4.74 Å². The molecule has 0 fully saturated rings. The van der Waals surface area contributed by atoms with Crippen LogP contribution in [0, 0.1) is 12.3 Å². The Hall–Kier alpha value is -4.02. The maximum Gasteiger partial charge on any atom is 0.348 e. The summed E-state index contributed by atoms with van der Waals surface area (Å²) in [6, 6.07) is 19.6. The van der Waals surface area contributed by atoms with E-state index in [4.69, 9.17) is 11.2 Å². The Morgan fingerprint density at radius 2 is 1.82 bits per heavy atom. The van der Waals surface area contributed by atoms with Crippen molar-refractivity contribution >= 4 is 33.7 Å². The predicted octanol–water partition coefficient (Wildman–Crippen LogP) is 5.25. The molecule has 3 aromatic carbocycles. The zero-order valence-corrected chi connectivity index (χ0v) is 19.7. The van der Waals surface area contributed by atoms with Crippen LogP contribution in [0.25, 0.3) is 33.2 Å². The molecule has 7 heteroatoms. The van der Waals surface area contributed by atoms with Crippen LogP contribution in [0.2, 0.25) is 0 Å². The first kappa shape index (κ1) is 21.8. The summed E-state index contributed by atoms with van der Waals surface area (Å²) in [4.78, 5) is 17.7. The van der Waals surface area contributed by atoms with Gasteiger partial charge in [0.2, 0.25) is 0 Å². The lowest BCUT2D eigenvalue weighted by molar-refractivity contribution is 0.371. The Kier molecular flexibility index (Phi) is 5.83. The summed E-state index contributed by atoms with van der Waals surface area (Å²) in [6.45, 7) is 4.83. The van der Waals surface area contributed by atoms with Crippen LogP contribution in [0.1, 0.15) is 30.9 Å². The van der Waals surface area contributed by atoms with E-state index in [1.54, 1.807) is 4.57 Å². The van der Waals surface area contributed by atoms with Crippen molar-refractivity contribution in [2.75, 3.05) is 6.61 Å². The molecule has 0 aliphatic heterocycles. The summed E-state index contributed by atoms with van der Waals surface area (Å²) < 4.78 is 15.9. The van der Waals surface area contributed by atoms with Crippen LogP contribution in [-0.4, -0.2) is 24.9 Å². The normalized spacial score (nSPS) is 11.2. The van der Waals surface area contributed by atoms with Gasteiger partial charge in [-0.05, 0) is 47.4 Å². The molecule has 6 nitrogen and oxygen atoms in total. The molecule has 2 heterocycles. The Balaban J connectivity index is 1.66. The second kappa shape index (κ2) is 9.08. The van der Waals surface area contributed by atoms with Crippen molar-refractivity contribution in [2.45, 2.75) is 26.3 Å². The van der Waals surface area contributed by atoms with Crippen LogP contribution in [-0.2, 0) is 6.54 Å². The van der Waals surface area contributed by atoms with Gasteiger partial charge in [0.15, 0.2) is 0 Å². The molecule has 5 aromatic rings. The lowest BCUT2D eigenvalue weighted by atomic mass is 9.99. The number of benzene rings is 3. The third-order valence-corrected chi connectivity index (χ3v) is 6.34. The predicted molar refractivity (Wildman–Crippen MR) is 136 cm³/mol. The average Bonchev–Trinajstić information content (AvgIpc) is 3.32. The molecule has 0 aliphatic rings. The third-order valence-electron chi connectivity index (χ3n) is 5.78. The summed E-state index contributed by atoms with van der Waals surface area (Å²) in [7, 11) is 0. The largest absolute Gasteiger partial charge is 0.481 e. The fraction of sp³-hybridized carbons (Fsp3) is 0.185. The molecule has 0 unspecified atom stereocenters. The quantitative estimate of drug-likeness (QED) is 0.320. The highest BCUT2D eigenvalue weighted by molar-refractivity contribution is 7.00. The number of aromatic nitrogens is 4. The van der Waals surface area contributed by atoms with Gasteiger partial charge in [0.25, 0.3) is 0 Å². The molecule has 0 radical (unpaired) electrons. The summed E-state index contributed by atoms with van der Waals surface area (Å²) in [5, 5.41) is 0.822. The highest BCUT2D eigenvalue weighted by atomic mass is 32.1. The zero-order valence-electron chi connectivity index (χ0n) is 18.9. The molecule has 0 atom stereocenters. The van der Waals surface area contributed by atoms with Crippen molar-refractivity contribution in [1.82, 2.24) is 18.3 Å². The van der Waals surface area contributed by atoms with E-state index in [2.05, 4.69) is 45.6 Å². The van der Waals surface area contributed by atoms with Crippen molar-refractivity contribution in [3.63, 3.8) is 0 Å². The molecule has 0 aliphatic carbocycles. The first-order valence-corrected chi connectivity index (χ1v) is 11.7. The maximum atomic E-state index is 13.2. The molecule has 5 rings (SSSR count). The monoisotopic (exact) mass is 466 g/mol. The van der Waals surface area contributed by atoms with Crippen LogP contribution in [0.4, 0.5) is 0 Å². The smallest absolute Gasteiger partial charge is 0.348 e. The van der Waals surface area contributed by atoms with Gasteiger partial charge in [0.1, 0.15) is 23.4 Å². The molecule has 34 heavy (non-hydrogen) atoms. The second-order valence-electron chi connectivity index (χ2n) is 8.36. The number of nitrogens with zero attached hydrogens (tertiary/aromatic N) is 4. The van der Waals surface area contributed by atoms with E-state index in [1.165, 1.54) is 17.3 Å². The minimum absolute atomic E-state index is 0.165. The van der Waals surface area contributed by atoms with E-state index in [0.717, 1.165) is 33.1 Å². The summed E-state index contributed by atoms with van der Waals surface area (Å²) in [5.74, 6) is 3.54. The number of hydrogen-bond donors (Lipinski definition) is 0. The summed E-state index contributed by atoms with van der Waals surface area (Å²) in [6.07, 6.45) is 5.37. The van der Waals surface area contributed by atoms with E-state index in [-0.39, 0.29) is 12.3 Å². The van der Waals surface area contributed by atoms with Crippen LogP contribution >= 0.6 is 11.7 Å². The van der Waals surface area contributed by atoms with Crippen molar-refractivity contribution in [3.8, 4) is 29.4 Å². The fourth-order valence-electron chi connectivity index (χ4n) is 3.98. The van der Waals surface area contributed by atoms with E-state index >= 15 is 0 Å². The lowest BCUT2D eigenvalue weighted by Crippen LogP contribution is -2.24. The van der Waals surface area contributed by atoms with Crippen LogP contribution in [0.5, 0.6) is 5.75 Å². The number of hydrogen-bond acceptors (Lipinski definition) is 6. The molecule has 2 aromatic heterocycles. The number of ether oxygens (including phenoxy) is 1. The Labute approximate surface area is 201 Å². The van der Waals surface area contributed by atoms with E-state index in [9.17, 15) is 4.79 Å². The average molecular weight is 467 g/mol. The van der Waals surface area contributed by atoms with Crippen molar-refractivity contribution in [2.24, 2.45) is 0 Å². The topological polar surface area (TPSA) is 69.9 Å². The summed E-state index contributed by atoms with van der Waals surface area (Å²) in [5.41, 5.74) is 5.80. The van der Waals surface area contributed by atoms with Gasteiger partial charge in [-0.2, -0.15) is 13.7 Å².